The van der Waals surface area contributed by atoms with Gasteiger partial charge in [-0.25, -0.2) is 0 Å². The maximum Gasteiger partial charge on any atom is 0.223 e. The number of amides is 1. The quantitative estimate of drug-likeness (QED) is 0.445. The molecule has 0 aliphatic carbocycles. The molecule has 1 aliphatic rings. The number of fused-ring (bicyclic) bond motifs is 1. The molecule has 2 aromatic carbocycles. The molecule has 0 saturated heterocycles. The van der Waals surface area contributed by atoms with Gasteiger partial charge < -0.3 is 14.4 Å². The molecule has 6 heteroatoms. The first-order chi connectivity index (χ1) is 16.8. The van der Waals surface area contributed by atoms with E-state index in [0.29, 0.717) is 31.1 Å². The van der Waals surface area contributed by atoms with E-state index in [9.17, 15) is 4.79 Å². The number of carbonyl (C=O) groups is 1. The minimum absolute atomic E-state index is 0.155. The van der Waals surface area contributed by atoms with Crippen LogP contribution in [-0.2, 0) is 24.2 Å². The van der Waals surface area contributed by atoms with Gasteiger partial charge in [-0.05, 0) is 67.0 Å². The Balaban J connectivity index is 1.63. The molecule has 2 heterocycles. The predicted molar refractivity (Wildman–Crippen MR) is 138 cm³/mol. The summed E-state index contributed by atoms with van der Waals surface area (Å²) in [5, 5.41) is 4.73. The van der Waals surface area contributed by atoms with E-state index in [2.05, 4.69) is 43.7 Å². The highest BCUT2D eigenvalue weighted by Gasteiger charge is 2.33. The Morgan fingerprint density at radius 1 is 1.09 bits per heavy atom. The normalized spacial score (nSPS) is 15.3. The van der Waals surface area contributed by atoms with Crippen LogP contribution in [0, 0.1) is 19.8 Å². The molecule has 0 N–H and O–H groups in total. The standard InChI is InChI=1S/C29H37N3O3/c1-19(2)18-32-21(4)24(20(3)30-32)12-13-28(33)31-15-14-23-16-26(34-5)27(35-6)17-25(23)29(31)22-10-8-7-9-11-22/h7-11,16-17,19,29H,12-15,18H2,1-6H3. The van der Waals surface area contributed by atoms with E-state index in [-0.39, 0.29) is 11.9 Å². The van der Waals surface area contributed by atoms with Crippen LogP contribution in [0.3, 0.4) is 0 Å². The molecule has 0 fully saturated rings. The zero-order valence-corrected chi connectivity index (χ0v) is 21.8. The maximum absolute atomic E-state index is 13.7. The molecule has 4 rings (SSSR count). The van der Waals surface area contributed by atoms with Crippen LogP contribution in [0.2, 0.25) is 0 Å². The summed E-state index contributed by atoms with van der Waals surface area (Å²) in [7, 11) is 3.31. The van der Waals surface area contributed by atoms with Gasteiger partial charge in [-0.3, -0.25) is 9.48 Å². The third-order valence-corrected chi connectivity index (χ3v) is 6.97. The molecular formula is C29H37N3O3. The molecule has 1 atom stereocenters. The highest BCUT2D eigenvalue weighted by Crippen LogP contribution is 2.41. The molecular weight excluding hydrogens is 438 g/mol. The fourth-order valence-electron chi connectivity index (χ4n) is 5.20. The average Bonchev–Trinajstić information content (AvgIpc) is 3.12. The summed E-state index contributed by atoms with van der Waals surface area (Å²) in [6.45, 7) is 10.1. The Bertz CT molecular complexity index is 1180. The fourth-order valence-corrected chi connectivity index (χ4v) is 5.20. The summed E-state index contributed by atoms with van der Waals surface area (Å²) in [6.07, 6.45) is 1.95. The number of hydrogen-bond acceptors (Lipinski definition) is 4. The summed E-state index contributed by atoms with van der Waals surface area (Å²) >= 11 is 0. The van der Waals surface area contributed by atoms with E-state index in [1.165, 1.54) is 16.8 Å². The van der Waals surface area contributed by atoms with E-state index in [0.717, 1.165) is 35.5 Å². The Hall–Kier alpha value is -3.28. The fraction of sp³-hybridized carbons (Fsp3) is 0.448. The van der Waals surface area contributed by atoms with Crippen LogP contribution in [0.25, 0.3) is 0 Å². The lowest BCUT2D eigenvalue weighted by atomic mass is 9.87. The summed E-state index contributed by atoms with van der Waals surface area (Å²) in [5.74, 6) is 2.10. The zero-order valence-electron chi connectivity index (χ0n) is 21.8. The molecule has 0 spiro atoms. The van der Waals surface area contributed by atoms with E-state index < -0.39 is 0 Å². The highest BCUT2D eigenvalue weighted by molar-refractivity contribution is 5.78. The molecule has 3 aromatic rings. The highest BCUT2D eigenvalue weighted by atomic mass is 16.5. The van der Waals surface area contributed by atoms with Crippen molar-refractivity contribution in [1.82, 2.24) is 14.7 Å². The van der Waals surface area contributed by atoms with Crippen molar-refractivity contribution in [3.8, 4) is 11.5 Å². The van der Waals surface area contributed by atoms with Gasteiger partial charge in [0.1, 0.15) is 0 Å². The lowest BCUT2D eigenvalue weighted by Gasteiger charge is -2.38. The van der Waals surface area contributed by atoms with Gasteiger partial charge in [0, 0.05) is 25.2 Å². The number of methoxy groups -OCH3 is 2. The number of aromatic nitrogens is 2. The minimum Gasteiger partial charge on any atom is -0.493 e. The number of benzene rings is 2. The van der Waals surface area contributed by atoms with Gasteiger partial charge in [0.15, 0.2) is 11.5 Å². The molecule has 1 aliphatic heterocycles. The minimum atomic E-state index is -0.155. The van der Waals surface area contributed by atoms with Crippen molar-refractivity contribution in [2.24, 2.45) is 5.92 Å². The Labute approximate surface area is 208 Å². The summed E-state index contributed by atoms with van der Waals surface area (Å²) in [5.41, 5.74) is 6.79. The first-order valence-electron chi connectivity index (χ1n) is 12.5. The Morgan fingerprint density at radius 3 is 2.43 bits per heavy atom. The van der Waals surface area contributed by atoms with Crippen LogP contribution in [0.4, 0.5) is 0 Å². The van der Waals surface area contributed by atoms with Crippen LogP contribution < -0.4 is 9.47 Å². The maximum atomic E-state index is 13.7. The van der Waals surface area contributed by atoms with Crippen molar-refractivity contribution in [3.63, 3.8) is 0 Å². The molecule has 1 aromatic heterocycles. The zero-order chi connectivity index (χ0) is 25.1. The summed E-state index contributed by atoms with van der Waals surface area (Å²) < 4.78 is 13.2. The molecule has 1 unspecified atom stereocenters. The van der Waals surface area contributed by atoms with E-state index in [1.807, 2.05) is 36.1 Å². The van der Waals surface area contributed by atoms with Gasteiger partial charge in [-0.1, -0.05) is 44.2 Å². The van der Waals surface area contributed by atoms with E-state index in [1.54, 1.807) is 14.2 Å². The molecule has 1 amide bonds. The van der Waals surface area contributed by atoms with Crippen molar-refractivity contribution in [1.29, 1.82) is 0 Å². The SMILES string of the molecule is COc1cc2c(cc1OC)C(c1ccccc1)N(C(=O)CCc1c(C)nn(CC(C)C)c1C)CC2. The van der Waals surface area contributed by atoms with Gasteiger partial charge in [-0.15, -0.1) is 0 Å². The van der Waals surface area contributed by atoms with Crippen LogP contribution in [0.1, 0.15) is 60.0 Å². The second-order valence-electron chi connectivity index (χ2n) is 9.78. The number of hydrogen-bond donors (Lipinski definition) is 0. The number of ether oxygens (including phenoxy) is 2. The second kappa shape index (κ2) is 10.5. The third-order valence-electron chi connectivity index (χ3n) is 6.97. The molecule has 35 heavy (non-hydrogen) atoms. The van der Waals surface area contributed by atoms with Crippen molar-refractivity contribution in [2.75, 3.05) is 20.8 Å². The van der Waals surface area contributed by atoms with E-state index in [4.69, 9.17) is 14.6 Å². The lowest BCUT2D eigenvalue weighted by Crippen LogP contribution is -2.40. The molecule has 0 radical (unpaired) electrons. The van der Waals surface area contributed by atoms with Crippen LogP contribution >= 0.6 is 0 Å². The van der Waals surface area contributed by atoms with Gasteiger partial charge in [0.2, 0.25) is 5.91 Å². The number of carbonyl (C=O) groups excluding carboxylic acids is 1. The van der Waals surface area contributed by atoms with Crippen LogP contribution in [0.15, 0.2) is 42.5 Å². The van der Waals surface area contributed by atoms with Crippen molar-refractivity contribution in [2.45, 2.75) is 59.5 Å². The van der Waals surface area contributed by atoms with Crippen LogP contribution in [0.5, 0.6) is 11.5 Å². The molecule has 0 saturated carbocycles. The number of rotatable bonds is 8. The topological polar surface area (TPSA) is 56.6 Å². The van der Waals surface area contributed by atoms with Crippen LogP contribution in [-0.4, -0.2) is 41.4 Å². The van der Waals surface area contributed by atoms with Gasteiger partial charge in [0.05, 0.1) is 26.0 Å². The first kappa shape index (κ1) is 24.8. The predicted octanol–water partition coefficient (Wildman–Crippen LogP) is 5.28. The lowest BCUT2D eigenvalue weighted by molar-refractivity contribution is -0.133. The van der Waals surface area contributed by atoms with Crippen molar-refractivity contribution < 1.29 is 14.3 Å². The number of nitrogens with zero attached hydrogens (tertiary/aromatic N) is 3. The van der Waals surface area contributed by atoms with Gasteiger partial charge in [0.25, 0.3) is 0 Å². The molecule has 6 nitrogen and oxygen atoms in total. The summed E-state index contributed by atoms with van der Waals surface area (Å²) in [6, 6.07) is 14.2. The molecule has 0 bridgehead atoms. The van der Waals surface area contributed by atoms with Gasteiger partial charge in [-0.2, -0.15) is 5.10 Å². The first-order valence-corrected chi connectivity index (χ1v) is 12.5. The number of aryl methyl sites for hydroxylation is 1. The average molecular weight is 476 g/mol. The Kier molecular flexibility index (Phi) is 7.48. The van der Waals surface area contributed by atoms with Crippen molar-refractivity contribution in [3.05, 3.63) is 76.1 Å². The largest absolute Gasteiger partial charge is 0.493 e. The third kappa shape index (κ3) is 5.07. The van der Waals surface area contributed by atoms with Crippen molar-refractivity contribution >= 4 is 5.91 Å². The van der Waals surface area contributed by atoms with Gasteiger partial charge >= 0.3 is 0 Å². The monoisotopic (exact) mass is 475 g/mol. The van der Waals surface area contributed by atoms with E-state index >= 15 is 0 Å². The smallest absolute Gasteiger partial charge is 0.223 e. The second-order valence-corrected chi connectivity index (χ2v) is 9.78. The summed E-state index contributed by atoms with van der Waals surface area (Å²) in [4.78, 5) is 15.7. The Morgan fingerprint density at radius 2 is 1.77 bits per heavy atom. The molecule has 186 valence electrons.